The van der Waals surface area contributed by atoms with E-state index in [1.54, 1.807) is 0 Å². The third-order valence-electron chi connectivity index (χ3n) is 4.12. The Bertz CT molecular complexity index is 231. The Morgan fingerprint density at radius 1 is 1.17 bits per heavy atom. The van der Waals surface area contributed by atoms with Crippen molar-refractivity contribution < 1.29 is 9.90 Å². The predicted molar refractivity (Wildman–Crippen MR) is 74.3 cm³/mol. The minimum absolute atomic E-state index is 0.190. The first-order valence-corrected chi connectivity index (χ1v) is 7.65. The summed E-state index contributed by atoms with van der Waals surface area (Å²) in [5, 5.41) is 12.2. The van der Waals surface area contributed by atoms with Gasteiger partial charge in [-0.1, -0.05) is 39.0 Å². The van der Waals surface area contributed by atoms with Gasteiger partial charge in [-0.3, -0.25) is 4.79 Å². The molecule has 18 heavy (non-hydrogen) atoms. The standard InChI is InChI=1S/C15H29NO2/c1-2-3-4-5-6-10-15(18)16-11-13-8-7-9-14(13)12-17/h13-14,17H,2-12H2,1H3,(H,16,18). The van der Waals surface area contributed by atoms with Gasteiger partial charge in [0, 0.05) is 19.6 Å². The van der Waals surface area contributed by atoms with Crippen molar-refractivity contribution in [1.82, 2.24) is 5.32 Å². The lowest BCUT2D eigenvalue weighted by Gasteiger charge is -2.17. The zero-order chi connectivity index (χ0) is 13.2. The van der Waals surface area contributed by atoms with E-state index in [9.17, 15) is 9.90 Å². The number of unbranched alkanes of at least 4 members (excludes halogenated alkanes) is 4. The largest absolute Gasteiger partial charge is 0.396 e. The second-order valence-corrected chi connectivity index (χ2v) is 5.60. The van der Waals surface area contributed by atoms with Gasteiger partial charge in [0.1, 0.15) is 0 Å². The lowest BCUT2D eigenvalue weighted by atomic mass is 9.97. The van der Waals surface area contributed by atoms with Crippen molar-refractivity contribution in [2.75, 3.05) is 13.2 Å². The van der Waals surface area contributed by atoms with Gasteiger partial charge in [0.2, 0.25) is 5.91 Å². The molecule has 0 spiro atoms. The number of hydrogen-bond acceptors (Lipinski definition) is 2. The molecule has 0 radical (unpaired) electrons. The van der Waals surface area contributed by atoms with Gasteiger partial charge in [0.05, 0.1) is 0 Å². The molecule has 0 aromatic carbocycles. The summed E-state index contributed by atoms with van der Waals surface area (Å²) >= 11 is 0. The summed E-state index contributed by atoms with van der Waals surface area (Å²) in [4.78, 5) is 11.7. The summed E-state index contributed by atoms with van der Waals surface area (Å²) in [7, 11) is 0. The molecule has 1 amide bonds. The molecule has 1 fully saturated rings. The molecule has 0 aromatic heterocycles. The van der Waals surface area contributed by atoms with Gasteiger partial charge in [0.15, 0.2) is 0 Å². The van der Waals surface area contributed by atoms with Crippen molar-refractivity contribution in [1.29, 1.82) is 0 Å². The lowest BCUT2D eigenvalue weighted by molar-refractivity contribution is -0.121. The highest BCUT2D eigenvalue weighted by molar-refractivity contribution is 5.75. The van der Waals surface area contributed by atoms with E-state index in [0.29, 0.717) is 18.3 Å². The molecule has 3 heteroatoms. The van der Waals surface area contributed by atoms with Crippen LogP contribution in [-0.2, 0) is 4.79 Å². The van der Waals surface area contributed by atoms with Crippen molar-refractivity contribution in [3.8, 4) is 0 Å². The molecule has 2 atom stereocenters. The Hall–Kier alpha value is -0.570. The minimum atomic E-state index is 0.190. The molecule has 0 bridgehead atoms. The van der Waals surface area contributed by atoms with Gasteiger partial charge in [-0.25, -0.2) is 0 Å². The monoisotopic (exact) mass is 255 g/mol. The second kappa shape index (κ2) is 9.37. The van der Waals surface area contributed by atoms with E-state index in [2.05, 4.69) is 12.2 Å². The predicted octanol–water partition coefficient (Wildman–Crippen LogP) is 2.87. The van der Waals surface area contributed by atoms with E-state index in [0.717, 1.165) is 25.8 Å². The number of carbonyl (C=O) groups is 1. The summed E-state index contributed by atoms with van der Waals surface area (Å²) < 4.78 is 0. The maximum absolute atomic E-state index is 11.7. The van der Waals surface area contributed by atoms with Crippen LogP contribution in [0.2, 0.25) is 0 Å². The maximum Gasteiger partial charge on any atom is 0.220 e. The van der Waals surface area contributed by atoms with Gasteiger partial charge < -0.3 is 10.4 Å². The fourth-order valence-corrected chi connectivity index (χ4v) is 2.85. The van der Waals surface area contributed by atoms with Crippen LogP contribution in [0.15, 0.2) is 0 Å². The molecule has 1 aliphatic carbocycles. The number of carbonyl (C=O) groups excluding carboxylic acids is 1. The van der Waals surface area contributed by atoms with Gasteiger partial charge in [-0.15, -0.1) is 0 Å². The summed E-state index contributed by atoms with van der Waals surface area (Å²) in [6, 6.07) is 0. The second-order valence-electron chi connectivity index (χ2n) is 5.60. The average molecular weight is 255 g/mol. The Morgan fingerprint density at radius 2 is 1.89 bits per heavy atom. The number of aliphatic hydroxyl groups excluding tert-OH is 1. The highest BCUT2D eigenvalue weighted by atomic mass is 16.3. The summed E-state index contributed by atoms with van der Waals surface area (Å²) in [5.74, 6) is 1.10. The summed E-state index contributed by atoms with van der Waals surface area (Å²) in [6.07, 6.45) is 10.1. The molecule has 0 heterocycles. The SMILES string of the molecule is CCCCCCCC(=O)NCC1CCCC1CO. The molecule has 1 saturated carbocycles. The van der Waals surface area contributed by atoms with Crippen molar-refractivity contribution in [2.45, 2.75) is 64.7 Å². The average Bonchev–Trinajstić information content (AvgIpc) is 2.83. The zero-order valence-corrected chi connectivity index (χ0v) is 11.8. The highest BCUT2D eigenvalue weighted by Gasteiger charge is 2.26. The Morgan fingerprint density at radius 3 is 2.61 bits per heavy atom. The Labute approximate surface area is 111 Å². The summed E-state index contributed by atoms with van der Waals surface area (Å²) in [5.41, 5.74) is 0. The quantitative estimate of drug-likeness (QED) is 0.622. The zero-order valence-electron chi connectivity index (χ0n) is 11.8. The van der Waals surface area contributed by atoms with Crippen LogP contribution < -0.4 is 5.32 Å². The number of rotatable bonds is 9. The van der Waals surface area contributed by atoms with Crippen LogP contribution in [0.25, 0.3) is 0 Å². The normalized spacial score (nSPS) is 23.2. The molecular formula is C15H29NO2. The van der Waals surface area contributed by atoms with Crippen LogP contribution in [0.1, 0.15) is 64.7 Å². The smallest absolute Gasteiger partial charge is 0.220 e. The van der Waals surface area contributed by atoms with Crippen molar-refractivity contribution in [2.24, 2.45) is 11.8 Å². The number of hydrogen-bond donors (Lipinski definition) is 2. The van der Waals surface area contributed by atoms with E-state index in [1.807, 2.05) is 0 Å². The van der Waals surface area contributed by atoms with Crippen LogP contribution in [0, 0.1) is 11.8 Å². The molecule has 0 saturated heterocycles. The Balaban J connectivity index is 2.02. The van der Waals surface area contributed by atoms with Crippen molar-refractivity contribution in [3.05, 3.63) is 0 Å². The fraction of sp³-hybridized carbons (Fsp3) is 0.933. The number of amides is 1. The maximum atomic E-state index is 11.7. The molecule has 0 aliphatic heterocycles. The van der Waals surface area contributed by atoms with E-state index in [4.69, 9.17) is 0 Å². The molecule has 106 valence electrons. The van der Waals surface area contributed by atoms with Crippen LogP contribution in [0.5, 0.6) is 0 Å². The van der Waals surface area contributed by atoms with Crippen molar-refractivity contribution >= 4 is 5.91 Å². The van der Waals surface area contributed by atoms with E-state index >= 15 is 0 Å². The Kier molecular flexibility index (Phi) is 8.06. The van der Waals surface area contributed by atoms with Crippen LogP contribution in [-0.4, -0.2) is 24.2 Å². The molecule has 0 aromatic rings. The first kappa shape index (κ1) is 15.5. The van der Waals surface area contributed by atoms with Gasteiger partial charge in [-0.2, -0.15) is 0 Å². The third-order valence-corrected chi connectivity index (χ3v) is 4.12. The fourth-order valence-electron chi connectivity index (χ4n) is 2.85. The van der Waals surface area contributed by atoms with Gasteiger partial charge >= 0.3 is 0 Å². The molecule has 3 nitrogen and oxygen atoms in total. The molecule has 2 unspecified atom stereocenters. The first-order chi connectivity index (χ1) is 8.77. The van der Waals surface area contributed by atoms with E-state index in [-0.39, 0.29) is 12.5 Å². The molecule has 2 N–H and O–H groups in total. The van der Waals surface area contributed by atoms with Gasteiger partial charge in [0.25, 0.3) is 0 Å². The van der Waals surface area contributed by atoms with Crippen LogP contribution >= 0.6 is 0 Å². The topological polar surface area (TPSA) is 49.3 Å². The minimum Gasteiger partial charge on any atom is -0.396 e. The third kappa shape index (κ3) is 5.85. The molecule has 1 rings (SSSR count). The number of aliphatic hydroxyl groups is 1. The number of nitrogens with one attached hydrogen (secondary N) is 1. The summed E-state index contributed by atoms with van der Waals surface area (Å²) in [6.45, 7) is 3.24. The van der Waals surface area contributed by atoms with Crippen LogP contribution in [0.3, 0.4) is 0 Å². The van der Waals surface area contributed by atoms with Crippen molar-refractivity contribution in [3.63, 3.8) is 0 Å². The van der Waals surface area contributed by atoms with Crippen LogP contribution in [0.4, 0.5) is 0 Å². The molecule has 1 aliphatic rings. The first-order valence-electron chi connectivity index (χ1n) is 7.65. The van der Waals surface area contributed by atoms with E-state index < -0.39 is 0 Å². The highest BCUT2D eigenvalue weighted by Crippen LogP contribution is 2.30. The van der Waals surface area contributed by atoms with Gasteiger partial charge in [-0.05, 0) is 31.1 Å². The van der Waals surface area contributed by atoms with E-state index in [1.165, 1.54) is 32.1 Å². The lowest BCUT2D eigenvalue weighted by Crippen LogP contribution is -2.31. The molecular weight excluding hydrogens is 226 g/mol.